The van der Waals surface area contributed by atoms with Crippen LogP contribution in [0.5, 0.6) is 5.75 Å². The van der Waals surface area contributed by atoms with E-state index in [2.05, 4.69) is 16.8 Å². The van der Waals surface area contributed by atoms with E-state index < -0.39 is 0 Å². The van der Waals surface area contributed by atoms with E-state index in [0.717, 1.165) is 31.7 Å². The average Bonchev–Trinajstić information content (AvgIpc) is 2.34. The van der Waals surface area contributed by atoms with Gasteiger partial charge in [-0.05, 0) is 13.1 Å². The second-order valence-corrected chi connectivity index (χ2v) is 4.75. The fraction of sp³-hybridized carbons (Fsp3) is 0.538. The molecular formula is C13H21N3O. The summed E-state index contributed by atoms with van der Waals surface area (Å²) in [5.74, 6) is 0.377. The van der Waals surface area contributed by atoms with Crippen LogP contribution in [-0.4, -0.2) is 54.2 Å². The van der Waals surface area contributed by atoms with Gasteiger partial charge in [0.2, 0.25) is 0 Å². The van der Waals surface area contributed by atoms with E-state index in [1.807, 2.05) is 18.2 Å². The summed E-state index contributed by atoms with van der Waals surface area (Å²) in [6.07, 6.45) is 0. The second kappa shape index (κ2) is 5.49. The smallest absolute Gasteiger partial charge is 0.120 e. The fourth-order valence-electron chi connectivity index (χ4n) is 2.34. The van der Waals surface area contributed by atoms with Crippen LogP contribution in [0.15, 0.2) is 24.3 Å². The normalized spacial score (nSPS) is 22.8. The van der Waals surface area contributed by atoms with Crippen LogP contribution in [0.3, 0.4) is 0 Å². The van der Waals surface area contributed by atoms with Crippen molar-refractivity contribution in [2.45, 2.75) is 12.6 Å². The van der Waals surface area contributed by atoms with Crippen LogP contribution in [0.25, 0.3) is 0 Å². The summed E-state index contributed by atoms with van der Waals surface area (Å²) in [7, 11) is 2.12. The summed E-state index contributed by atoms with van der Waals surface area (Å²) in [6.45, 7) is 4.52. The van der Waals surface area contributed by atoms with E-state index in [9.17, 15) is 5.11 Å². The molecule has 3 N–H and O–H groups in total. The minimum absolute atomic E-state index is 0.377. The highest BCUT2D eigenvalue weighted by molar-refractivity contribution is 5.31. The molecule has 1 heterocycles. The maximum atomic E-state index is 9.78. The average molecular weight is 235 g/mol. The van der Waals surface area contributed by atoms with Crippen LogP contribution >= 0.6 is 0 Å². The zero-order valence-corrected chi connectivity index (χ0v) is 10.3. The van der Waals surface area contributed by atoms with Crippen molar-refractivity contribution in [1.82, 2.24) is 9.80 Å². The number of likely N-dealkylation sites (N-methyl/N-ethyl adjacent to an activating group) is 1. The molecule has 4 nitrogen and oxygen atoms in total. The van der Waals surface area contributed by atoms with Gasteiger partial charge in [0.15, 0.2) is 0 Å². The van der Waals surface area contributed by atoms with Crippen LogP contribution in [0.1, 0.15) is 5.56 Å². The molecule has 17 heavy (non-hydrogen) atoms. The third-order valence-corrected chi connectivity index (χ3v) is 3.44. The summed E-state index contributed by atoms with van der Waals surface area (Å²) in [6, 6.07) is 7.91. The Morgan fingerprint density at radius 1 is 1.35 bits per heavy atom. The number of benzene rings is 1. The van der Waals surface area contributed by atoms with Gasteiger partial charge in [0.1, 0.15) is 5.75 Å². The Bertz CT molecular complexity index is 369. The van der Waals surface area contributed by atoms with Crippen LogP contribution in [-0.2, 0) is 6.54 Å². The molecule has 0 aliphatic carbocycles. The van der Waals surface area contributed by atoms with Gasteiger partial charge in [-0.3, -0.25) is 4.90 Å². The molecule has 1 aromatic carbocycles. The van der Waals surface area contributed by atoms with Crippen molar-refractivity contribution in [2.75, 3.05) is 33.2 Å². The number of nitrogens with zero attached hydrogens (tertiary/aromatic N) is 2. The third-order valence-electron chi connectivity index (χ3n) is 3.44. The van der Waals surface area contributed by atoms with Crippen molar-refractivity contribution in [3.63, 3.8) is 0 Å². The molecule has 2 rings (SSSR count). The molecule has 1 unspecified atom stereocenters. The maximum Gasteiger partial charge on any atom is 0.120 e. The van der Waals surface area contributed by atoms with Crippen molar-refractivity contribution in [2.24, 2.45) is 5.73 Å². The molecule has 4 heteroatoms. The van der Waals surface area contributed by atoms with Crippen molar-refractivity contribution < 1.29 is 5.11 Å². The SMILES string of the molecule is CN1CCN(Cc2ccccc2O)C(CN)C1. The Balaban J connectivity index is 2.05. The molecule has 0 amide bonds. The zero-order chi connectivity index (χ0) is 12.3. The highest BCUT2D eigenvalue weighted by Crippen LogP contribution is 2.20. The Labute approximate surface area is 103 Å². The molecule has 94 valence electrons. The van der Waals surface area contributed by atoms with Gasteiger partial charge in [0, 0.05) is 44.3 Å². The highest BCUT2D eigenvalue weighted by atomic mass is 16.3. The lowest BCUT2D eigenvalue weighted by molar-refractivity contribution is 0.0874. The lowest BCUT2D eigenvalue weighted by Crippen LogP contribution is -2.54. The van der Waals surface area contributed by atoms with Crippen LogP contribution in [0.4, 0.5) is 0 Å². The quantitative estimate of drug-likeness (QED) is 0.799. The van der Waals surface area contributed by atoms with E-state index in [1.165, 1.54) is 0 Å². The molecule has 1 aliphatic rings. The predicted molar refractivity (Wildman–Crippen MR) is 68.9 cm³/mol. The van der Waals surface area contributed by atoms with Crippen LogP contribution in [0.2, 0.25) is 0 Å². The van der Waals surface area contributed by atoms with E-state index in [4.69, 9.17) is 5.73 Å². The monoisotopic (exact) mass is 235 g/mol. The zero-order valence-electron chi connectivity index (χ0n) is 10.3. The summed E-state index contributed by atoms with van der Waals surface area (Å²) >= 11 is 0. The molecule has 1 atom stereocenters. The van der Waals surface area contributed by atoms with Crippen molar-refractivity contribution in [3.05, 3.63) is 29.8 Å². The van der Waals surface area contributed by atoms with Gasteiger partial charge >= 0.3 is 0 Å². The van der Waals surface area contributed by atoms with Crippen LogP contribution in [0, 0.1) is 0 Å². The molecular weight excluding hydrogens is 214 g/mol. The Morgan fingerprint density at radius 2 is 2.12 bits per heavy atom. The highest BCUT2D eigenvalue weighted by Gasteiger charge is 2.24. The van der Waals surface area contributed by atoms with Gasteiger partial charge in [-0.15, -0.1) is 0 Å². The lowest BCUT2D eigenvalue weighted by atomic mass is 10.1. The number of hydrogen-bond donors (Lipinski definition) is 2. The maximum absolute atomic E-state index is 9.78. The fourth-order valence-corrected chi connectivity index (χ4v) is 2.34. The molecule has 1 aromatic rings. The first kappa shape index (κ1) is 12.4. The minimum Gasteiger partial charge on any atom is -0.508 e. The van der Waals surface area contributed by atoms with Gasteiger partial charge in [-0.25, -0.2) is 0 Å². The molecule has 1 aliphatic heterocycles. The molecule has 0 saturated carbocycles. The first-order valence-electron chi connectivity index (χ1n) is 6.10. The standard InChI is InChI=1S/C13H21N3O/c1-15-6-7-16(12(8-14)10-15)9-11-4-2-3-5-13(11)17/h2-5,12,17H,6-10,14H2,1H3. The predicted octanol–water partition coefficient (Wildman–Crippen LogP) is 0.467. The van der Waals surface area contributed by atoms with Gasteiger partial charge in [0.25, 0.3) is 0 Å². The number of phenolic OH excluding ortho intramolecular Hbond substituents is 1. The number of nitrogens with two attached hydrogens (primary N) is 1. The molecule has 1 saturated heterocycles. The number of para-hydroxylation sites is 1. The summed E-state index contributed by atoms with van der Waals surface area (Å²) < 4.78 is 0. The molecule has 0 radical (unpaired) electrons. The van der Waals surface area contributed by atoms with E-state index >= 15 is 0 Å². The second-order valence-electron chi connectivity index (χ2n) is 4.75. The van der Waals surface area contributed by atoms with Gasteiger partial charge in [0.05, 0.1) is 0 Å². The first-order valence-corrected chi connectivity index (χ1v) is 6.10. The number of piperazine rings is 1. The molecule has 0 aromatic heterocycles. The van der Waals surface area contributed by atoms with Crippen molar-refractivity contribution in [1.29, 1.82) is 0 Å². The van der Waals surface area contributed by atoms with Gasteiger partial charge < -0.3 is 15.7 Å². The number of phenols is 1. The van der Waals surface area contributed by atoms with E-state index in [1.54, 1.807) is 6.07 Å². The van der Waals surface area contributed by atoms with Crippen LogP contribution < -0.4 is 5.73 Å². The van der Waals surface area contributed by atoms with E-state index in [-0.39, 0.29) is 0 Å². The first-order chi connectivity index (χ1) is 8.20. The molecule has 0 bridgehead atoms. The molecule has 0 spiro atoms. The summed E-state index contributed by atoms with van der Waals surface area (Å²) in [5, 5.41) is 9.78. The number of rotatable bonds is 3. The summed E-state index contributed by atoms with van der Waals surface area (Å²) in [4.78, 5) is 4.66. The van der Waals surface area contributed by atoms with Gasteiger partial charge in [-0.2, -0.15) is 0 Å². The Morgan fingerprint density at radius 3 is 2.82 bits per heavy atom. The minimum atomic E-state index is 0.377. The topological polar surface area (TPSA) is 52.7 Å². The third kappa shape index (κ3) is 2.97. The lowest BCUT2D eigenvalue weighted by Gasteiger charge is -2.39. The summed E-state index contributed by atoms with van der Waals surface area (Å²) in [5.41, 5.74) is 6.80. The van der Waals surface area contributed by atoms with Crippen molar-refractivity contribution in [3.8, 4) is 5.75 Å². The van der Waals surface area contributed by atoms with E-state index in [0.29, 0.717) is 18.3 Å². The number of hydrogen-bond acceptors (Lipinski definition) is 4. The molecule has 1 fully saturated rings. The largest absolute Gasteiger partial charge is 0.508 e. The Hall–Kier alpha value is -1.10. The Kier molecular flexibility index (Phi) is 3.99. The number of aromatic hydroxyl groups is 1. The van der Waals surface area contributed by atoms with Gasteiger partial charge in [-0.1, -0.05) is 18.2 Å². The van der Waals surface area contributed by atoms with Crippen molar-refractivity contribution >= 4 is 0 Å².